The SMILES string of the molecule is O=C(NC[C@H](c1ccccc1)N1CCOCC1)c1cc(=O)c2cc(Cl)ccc2o1. The molecule has 4 rings (SSSR count). The molecule has 0 radical (unpaired) electrons. The highest BCUT2D eigenvalue weighted by atomic mass is 35.5. The fourth-order valence-corrected chi connectivity index (χ4v) is 3.71. The molecule has 0 unspecified atom stereocenters. The maximum absolute atomic E-state index is 12.7. The van der Waals surface area contributed by atoms with E-state index in [1.807, 2.05) is 30.3 Å². The molecular weight excluding hydrogens is 392 g/mol. The van der Waals surface area contributed by atoms with Crippen molar-refractivity contribution in [3.63, 3.8) is 0 Å². The molecule has 1 aliphatic rings. The number of carbonyl (C=O) groups excluding carboxylic acids is 1. The van der Waals surface area contributed by atoms with Crippen LogP contribution in [0.5, 0.6) is 0 Å². The van der Waals surface area contributed by atoms with Crippen molar-refractivity contribution < 1.29 is 13.9 Å². The normalized spacial score (nSPS) is 15.9. The zero-order chi connectivity index (χ0) is 20.2. The van der Waals surface area contributed by atoms with Crippen molar-refractivity contribution in [2.75, 3.05) is 32.8 Å². The topological polar surface area (TPSA) is 71.8 Å². The minimum Gasteiger partial charge on any atom is -0.451 e. The molecule has 3 aromatic rings. The summed E-state index contributed by atoms with van der Waals surface area (Å²) in [5, 5.41) is 3.71. The number of nitrogens with zero attached hydrogens (tertiary/aromatic N) is 1. The van der Waals surface area contributed by atoms with Crippen LogP contribution in [0, 0.1) is 0 Å². The van der Waals surface area contributed by atoms with E-state index >= 15 is 0 Å². The highest BCUT2D eigenvalue weighted by Crippen LogP contribution is 2.22. The first-order valence-corrected chi connectivity index (χ1v) is 9.88. The lowest BCUT2D eigenvalue weighted by Gasteiger charge is -2.34. The Morgan fingerprint density at radius 3 is 2.62 bits per heavy atom. The van der Waals surface area contributed by atoms with Crippen LogP contribution in [0.25, 0.3) is 11.0 Å². The summed E-state index contributed by atoms with van der Waals surface area (Å²) in [5.74, 6) is -0.438. The first kappa shape index (κ1) is 19.6. The lowest BCUT2D eigenvalue weighted by molar-refractivity contribution is 0.0161. The maximum Gasteiger partial charge on any atom is 0.287 e. The molecule has 2 aromatic carbocycles. The summed E-state index contributed by atoms with van der Waals surface area (Å²) in [6.07, 6.45) is 0. The van der Waals surface area contributed by atoms with Crippen LogP contribution in [0.3, 0.4) is 0 Å². The molecule has 0 spiro atoms. The van der Waals surface area contributed by atoms with Crippen molar-refractivity contribution in [3.05, 3.63) is 81.2 Å². The highest BCUT2D eigenvalue weighted by molar-refractivity contribution is 6.31. The van der Waals surface area contributed by atoms with Crippen LogP contribution in [0.4, 0.5) is 0 Å². The van der Waals surface area contributed by atoms with Crippen LogP contribution in [0.2, 0.25) is 5.02 Å². The third-order valence-electron chi connectivity index (χ3n) is 5.04. The minimum absolute atomic E-state index is 0.00929. The molecule has 1 aromatic heterocycles. The van der Waals surface area contributed by atoms with Crippen LogP contribution >= 0.6 is 11.6 Å². The zero-order valence-corrected chi connectivity index (χ0v) is 16.5. The van der Waals surface area contributed by atoms with Gasteiger partial charge >= 0.3 is 0 Å². The second kappa shape index (κ2) is 8.78. The van der Waals surface area contributed by atoms with E-state index in [1.165, 1.54) is 12.1 Å². The Kier molecular flexibility index (Phi) is 5.94. The molecule has 0 aliphatic carbocycles. The molecule has 1 fully saturated rings. The quantitative estimate of drug-likeness (QED) is 0.696. The Bertz CT molecular complexity index is 1060. The standard InChI is InChI=1S/C22H21ClN2O4/c23-16-6-7-20-17(12-16)19(26)13-21(29-20)22(27)24-14-18(15-4-2-1-3-5-15)25-8-10-28-11-9-25/h1-7,12-13,18H,8-11,14H2,(H,24,27)/t18-/m1/s1. The number of benzene rings is 2. The van der Waals surface area contributed by atoms with Crippen molar-refractivity contribution in [2.24, 2.45) is 0 Å². The number of halogens is 1. The summed E-state index contributed by atoms with van der Waals surface area (Å²) >= 11 is 5.94. The van der Waals surface area contributed by atoms with E-state index in [9.17, 15) is 9.59 Å². The van der Waals surface area contributed by atoms with Crippen LogP contribution in [0.15, 0.2) is 63.8 Å². The van der Waals surface area contributed by atoms with Crippen LogP contribution in [0.1, 0.15) is 22.2 Å². The van der Waals surface area contributed by atoms with Crippen molar-refractivity contribution in [1.82, 2.24) is 10.2 Å². The Morgan fingerprint density at radius 2 is 1.86 bits per heavy atom. The molecule has 0 saturated carbocycles. The lowest BCUT2D eigenvalue weighted by Crippen LogP contribution is -2.43. The van der Waals surface area contributed by atoms with Crippen LogP contribution < -0.4 is 10.7 Å². The third kappa shape index (κ3) is 4.50. The highest BCUT2D eigenvalue weighted by Gasteiger charge is 2.24. The molecule has 0 bridgehead atoms. The average Bonchev–Trinajstić information content (AvgIpc) is 2.75. The van der Waals surface area contributed by atoms with E-state index in [-0.39, 0.29) is 17.2 Å². The van der Waals surface area contributed by atoms with E-state index < -0.39 is 5.91 Å². The minimum atomic E-state index is -0.423. The molecule has 1 amide bonds. The number of carbonyl (C=O) groups is 1. The van der Waals surface area contributed by atoms with Crippen molar-refractivity contribution >= 4 is 28.5 Å². The van der Waals surface area contributed by atoms with Gasteiger partial charge in [0.25, 0.3) is 5.91 Å². The molecule has 29 heavy (non-hydrogen) atoms. The smallest absolute Gasteiger partial charge is 0.287 e. The van der Waals surface area contributed by atoms with E-state index in [4.69, 9.17) is 20.8 Å². The predicted molar refractivity (Wildman–Crippen MR) is 111 cm³/mol. The Labute approximate surface area is 173 Å². The summed E-state index contributed by atoms with van der Waals surface area (Å²) < 4.78 is 11.1. The first-order chi connectivity index (χ1) is 14.1. The molecule has 2 heterocycles. The van der Waals surface area contributed by atoms with E-state index in [0.29, 0.717) is 35.8 Å². The number of amides is 1. The van der Waals surface area contributed by atoms with Gasteiger partial charge in [0.15, 0.2) is 11.2 Å². The molecule has 1 aliphatic heterocycles. The number of morpholine rings is 1. The number of nitrogens with one attached hydrogen (secondary N) is 1. The summed E-state index contributed by atoms with van der Waals surface area (Å²) in [6.45, 7) is 3.31. The number of rotatable bonds is 5. The van der Waals surface area contributed by atoms with E-state index in [0.717, 1.165) is 18.7 Å². The summed E-state index contributed by atoms with van der Waals surface area (Å²) in [7, 11) is 0. The van der Waals surface area contributed by atoms with Gasteiger partial charge in [0.1, 0.15) is 5.58 Å². The summed E-state index contributed by atoms with van der Waals surface area (Å²) in [5.41, 5.74) is 1.15. The second-order valence-electron chi connectivity index (χ2n) is 6.90. The number of fused-ring (bicyclic) bond motifs is 1. The van der Waals surface area contributed by atoms with Gasteiger partial charge in [0, 0.05) is 30.7 Å². The maximum atomic E-state index is 12.7. The lowest BCUT2D eigenvalue weighted by atomic mass is 10.0. The van der Waals surface area contributed by atoms with Crippen molar-refractivity contribution in [1.29, 1.82) is 0 Å². The summed E-state index contributed by atoms with van der Waals surface area (Å²) in [6, 6.07) is 16.0. The largest absolute Gasteiger partial charge is 0.451 e. The van der Waals surface area contributed by atoms with Gasteiger partial charge < -0.3 is 14.5 Å². The fraction of sp³-hybridized carbons (Fsp3) is 0.273. The predicted octanol–water partition coefficient (Wildman–Crippen LogP) is 3.25. The van der Waals surface area contributed by atoms with Gasteiger partial charge in [0.2, 0.25) is 0 Å². The third-order valence-corrected chi connectivity index (χ3v) is 5.27. The second-order valence-corrected chi connectivity index (χ2v) is 7.34. The van der Waals surface area contributed by atoms with Gasteiger partial charge in [-0.1, -0.05) is 41.9 Å². The van der Waals surface area contributed by atoms with E-state index in [1.54, 1.807) is 12.1 Å². The molecule has 7 heteroatoms. The van der Waals surface area contributed by atoms with Gasteiger partial charge in [-0.2, -0.15) is 0 Å². The van der Waals surface area contributed by atoms with Gasteiger partial charge in [-0.05, 0) is 23.8 Å². The Hall–Kier alpha value is -2.67. The van der Waals surface area contributed by atoms with Gasteiger partial charge in [-0.25, -0.2) is 0 Å². The molecule has 1 N–H and O–H groups in total. The number of ether oxygens (including phenoxy) is 1. The Morgan fingerprint density at radius 1 is 1.10 bits per heavy atom. The molecular formula is C22H21ClN2O4. The van der Waals surface area contributed by atoms with Gasteiger partial charge in [0.05, 0.1) is 24.6 Å². The van der Waals surface area contributed by atoms with Crippen molar-refractivity contribution in [2.45, 2.75) is 6.04 Å². The average molecular weight is 413 g/mol. The monoisotopic (exact) mass is 412 g/mol. The van der Waals surface area contributed by atoms with E-state index in [2.05, 4.69) is 10.2 Å². The first-order valence-electron chi connectivity index (χ1n) is 9.50. The summed E-state index contributed by atoms with van der Waals surface area (Å²) in [4.78, 5) is 27.3. The molecule has 6 nitrogen and oxygen atoms in total. The zero-order valence-electron chi connectivity index (χ0n) is 15.8. The van der Waals surface area contributed by atoms with Crippen LogP contribution in [-0.4, -0.2) is 43.7 Å². The number of hydrogen-bond donors (Lipinski definition) is 1. The van der Waals surface area contributed by atoms with Crippen LogP contribution in [-0.2, 0) is 4.74 Å². The van der Waals surface area contributed by atoms with Gasteiger partial charge in [-0.3, -0.25) is 14.5 Å². The van der Waals surface area contributed by atoms with Gasteiger partial charge in [-0.15, -0.1) is 0 Å². The molecule has 150 valence electrons. The Balaban J connectivity index is 1.54. The van der Waals surface area contributed by atoms with Crippen molar-refractivity contribution in [3.8, 4) is 0 Å². The molecule has 1 saturated heterocycles. The molecule has 1 atom stereocenters. The fourth-order valence-electron chi connectivity index (χ4n) is 3.54. The number of hydrogen-bond acceptors (Lipinski definition) is 5.